The molecule has 114 valence electrons. The van der Waals surface area contributed by atoms with E-state index in [-0.39, 0.29) is 5.97 Å². The Bertz CT molecular complexity index is 516. The highest BCUT2D eigenvalue weighted by Gasteiger charge is 2.24. The van der Waals surface area contributed by atoms with Gasteiger partial charge in [0.15, 0.2) is 11.5 Å². The van der Waals surface area contributed by atoms with Gasteiger partial charge in [0, 0.05) is 30.2 Å². The standard InChI is InChI=1S/C14H18BrN3O3/c1-2-21-13(19)7-10-3-5-18(6-4-10)14-12(17-20)8-11(15)9-16-14/h8-10H,2-7H2,1H3. The number of hydrogen-bond acceptors (Lipinski definition) is 6. The highest BCUT2D eigenvalue weighted by atomic mass is 79.9. The lowest BCUT2D eigenvalue weighted by Crippen LogP contribution is -2.35. The summed E-state index contributed by atoms with van der Waals surface area (Å²) in [6.45, 7) is 3.77. The van der Waals surface area contributed by atoms with Crippen molar-refractivity contribution in [2.75, 3.05) is 24.6 Å². The molecule has 0 N–H and O–H groups in total. The topological polar surface area (TPSA) is 71.9 Å². The first-order chi connectivity index (χ1) is 10.1. The molecule has 0 aliphatic carbocycles. The minimum atomic E-state index is -0.132. The Labute approximate surface area is 132 Å². The largest absolute Gasteiger partial charge is 0.466 e. The van der Waals surface area contributed by atoms with E-state index in [1.54, 1.807) is 12.3 Å². The quantitative estimate of drug-likeness (QED) is 0.597. The second-order valence-electron chi connectivity index (χ2n) is 5.03. The maximum Gasteiger partial charge on any atom is 0.306 e. The maximum atomic E-state index is 11.5. The zero-order valence-electron chi connectivity index (χ0n) is 11.9. The molecule has 0 saturated carbocycles. The smallest absolute Gasteiger partial charge is 0.306 e. The molecule has 0 aromatic carbocycles. The van der Waals surface area contributed by atoms with E-state index >= 15 is 0 Å². The van der Waals surface area contributed by atoms with Crippen LogP contribution in [0.25, 0.3) is 0 Å². The number of nitrogens with zero attached hydrogens (tertiary/aromatic N) is 3. The molecule has 1 aromatic rings. The van der Waals surface area contributed by atoms with Crippen LogP contribution >= 0.6 is 15.9 Å². The minimum absolute atomic E-state index is 0.132. The number of carbonyl (C=O) groups is 1. The summed E-state index contributed by atoms with van der Waals surface area (Å²) in [4.78, 5) is 28.7. The van der Waals surface area contributed by atoms with Crippen molar-refractivity contribution in [2.45, 2.75) is 26.2 Å². The van der Waals surface area contributed by atoms with Gasteiger partial charge in [-0.1, -0.05) is 0 Å². The number of ether oxygens (including phenoxy) is 1. The monoisotopic (exact) mass is 355 g/mol. The third kappa shape index (κ3) is 4.23. The van der Waals surface area contributed by atoms with Crippen LogP contribution in [-0.2, 0) is 9.53 Å². The van der Waals surface area contributed by atoms with Crippen LogP contribution in [0.2, 0.25) is 0 Å². The van der Waals surface area contributed by atoms with Gasteiger partial charge in [0.1, 0.15) is 0 Å². The molecular formula is C14H18BrN3O3. The molecule has 1 aromatic heterocycles. The fourth-order valence-corrected chi connectivity index (χ4v) is 2.86. The first kappa shape index (κ1) is 15.9. The summed E-state index contributed by atoms with van der Waals surface area (Å²) < 4.78 is 5.71. The van der Waals surface area contributed by atoms with E-state index in [9.17, 15) is 9.70 Å². The molecule has 1 aliphatic rings. The molecule has 0 atom stereocenters. The van der Waals surface area contributed by atoms with Crippen molar-refractivity contribution in [3.05, 3.63) is 21.6 Å². The van der Waals surface area contributed by atoms with Crippen molar-refractivity contribution < 1.29 is 9.53 Å². The second kappa shape index (κ2) is 7.49. The van der Waals surface area contributed by atoms with E-state index in [2.05, 4.69) is 26.1 Å². The Morgan fingerprint density at radius 3 is 2.86 bits per heavy atom. The summed E-state index contributed by atoms with van der Waals surface area (Å²) >= 11 is 3.28. The van der Waals surface area contributed by atoms with E-state index in [0.717, 1.165) is 30.4 Å². The van der Waals surface area contributed by atoms with Crippen LogP contribution in [0.3, 0.4) is 0 Å². The van der Waals surface area contributed by atoms with Gasteiger partial charge in [0.25, 0.3) is 0 Å². The summed E-state index contributed by atoms with van der Waals surface area (Å²) in [5.74, 6) is 0.819. The average Bonchev–Trinajstić information content (AvgIpc) is 2.48. The summed E-state index contributed by atoms with van der Waals surface area (Å²) in [6.07, 6.45) is 3.90. The number of carbonyl (C=O) groups excluding carboxylic acids is 1. The SMILES string of the molecule is CCOC(=O)CC1CCN(c2ncc(Br)cc2N=O)CC1. The maximum absolute atomic E-state index is 11.5. The number of halogens is 1. The van der Waals surface area contributed by atoms with E-state index in [1.165, 1.54) is 0 Å². The Morgan fingerprint density at radius 2 is 2.24 bits per heavy atom. The number of pyridine rings is 1. The Kier molecular flexibility index (Phi) is 5.67. The molecule has 2 rings (SSSR count). The van der Waals surface area contributed by atoms with E-state index < -0.39 is 0 Å². The predicted molar refractivity (Wildman–Crippen MR) is 83.6 cm³/mol. The molecule has 1 aliphatic heterocycles. The van der Waals surface area contributed by atoms with E-state index in [1.807, 2.05) is 11.8 Å². The number of nitroso groups, excluding NO2 is 1. The van der Waals surface area contributed by atoms with Gasteiger partial charge in [-0.3, -0.25) is 4.79 Å². The van der Waals surface area contributed by atoms with Crippen LogP contribution in [0.5, 0.6) is 0 Å². The van der Waals surface area contributed by atoms with Crippen molar-refractivity contribution in [3.8, 4) is 0 Å². The average molecular weight is 356 g/mol. The van der Waals surface area contributed by atoms with E-state index in [4.69, 9.17) is 4.74 Å². The second-order valence-corrected chi connectivity index (χ2v) is 5.94. The zero-order valence-corrected chi connectivity index (χ0v) is 13.5. The molecule has 0 radical (unpaired) electrons. The molecule has 7 heteroatoms. The number of piperidine rings is 1. The summed E-state index contributed by atoms with van der Waals surface area (Å²) in [7, 11) is 0. The Morgan fingerprint density at radius 1 is 1.52 bits per heavy atom. The van der Waals surface area contributed by atoms with Crippen LogP contribution in [0.4, 0.5) is 11.5 Å². The van der Waals surface area contributed by atoms with Crippen LogP contribution in [0, 0.1) is 10.8 Å². The minimum Gasteiger partial charge on any atom is -0.466 e. The number of hydrogen-bond donors (Lipinski definition) is 0. The number of rotatable bonds is 5. The van der Waals surface area contributed by atoms with Gasteiger partial charge < -0.3 is 9.64 Å². The number of esters is 1. The van der Waals surface area contributed by atoms with Crippen molar-refractivity contribution in [3.63, 3.8) is 0 Å². The molecule has 0 spiro atoms. The van der Waals surface area contributed by atoms with Crippen molar-refractivity contribution in [1.82, 2.24) is 4.98 Å². The lowest BCUT2D eigenvalue weighted by atomic mass is 9.93. The fraction of sp³-hybridized carbons (Fsp3) is 0.571. The molecule has 1 saturated heterocycles. The fourth-order valence-electron chi connectivity index (χ4n) is 2.54. The van der Waals surface area contributed by atoms with Crippen LogP contribution in [0.15, 0.2) is 21.9 Å². The molecule has 21 heavy (non-hydrogen) atoms. The molecule has 1 fully saturated rings. The highest BCUT2D eigenvalue weighted by Crippen LogP contribution is 2.32. The van der Waals surface area contributed by atoms with Gasteiger partial charge in [-0.2, -0.15) is 0 Å². The van der Waals surface area contributed by atoms with Crippen LogP contribution in [0.1, 0.15) is 26.2 Å². The Balaban J connectivity index is 1.95. The summed E-state index contributed by atoms with van der Waals surface area (Å²) in [5.41, 5.74) is 0.341. The molecule has 0 amide bonds. The lowest BCUT2D eigenvalue weighted by molar-refractivity contribution is -0.144. The van der Waals surface area contributed by atoms with Crippen LogP contribution in [-0.4, -0.2) is 30.6 Å². The summed E-state index contributed by atoms with van der Waals surface area (Å²) in [5, 5.41) is 3.04. The van der Waals surface area contributed by atoms with E-state index in [0.29, 0.717) is 30.5 Å². The van der Waals surface area contributed by atoms with Gasteiger partial charge >= 0.3 is 5.97 Å². The zero-order chi connectivity index (χ0) is 15.2. The summed E-state index contributed by atoms with van der Waals surface area (Å²) in [6, 6.07) is 1.67. The third-order valence-electron chi connectivity index (χ3n) is 3.59. The first-order valence-electron chi connectivity index (χ1n) is 7.03. The van der Waals surface area contributed by atoms with Gasteiger partial charge in [-0.05, 0) is 52.9 Å². The first-order valence-corrected chi connectivity index (χ1v) is 7.82. The van der Waals surface area contributed by atoms with Crippen molar-refractivity contribution in [1.29, 1.82) is 0 Å². The Hall–Kier alpha value is -1.50. The number of aromatic nitrogens is 1. The molecule has 0 bridgehead atoms. The van der Waals surface area contributed by atoms with Gasteiger partial charge in [-0.25, -0.2) is 4.98 Å². The highest BCUT2D eigenvalue weighted by molar-refractivity contribution is 9.10. The van der Waals surface area contributed by atoms with Crippen molar-refractivity contribution >= 4 is 33.4 Å². The van der Waals surface area contributed by atoms with Gasteiger partial charge in [0.05, 0.1) is 6.61 Å². The number of anilines is 1. The normalized spacial score (nSPS) is 15.8. The third-order valence-corrected chi connectivity index (χ3v) is 4.02. The lowest BCUT2D eigenvalue weighted by Gasteiger charge is -2.32. The van der Waals surface area contributed by atoms with Crippen LogP contribution < -0.4 is 4.90 Å². The van der Waals surface area contributed by atoms with Crippen molar-refractivity contribution in [2.24, 2.45) is 11.1 Å². The predicted octanol–water partition coefficient (Wildman–Crippen LogP) is 3.41. The molecule has 6 nitrogen and oxygen atoms in total. The molecule has 0 unspecified atom stereocenters. The molecular weight excluding hydrogens is 338 g/mol. The van der Waals surface area contributed by atoms with Gasteiger partial charge in [-0.15, -0.1) is 4.91 Å². The molecule has 2 heterocycles. The van der Waals surface area contributed by atoms with Gasteiger partial charge in [0.2, 0.25) is 0 Å².